The Labute approximate surface area is 185 Å². The van der Waals surface area contributed by atoms with Crippen molar-refractivity contribution in [3.8, 4) is 11.3 Å². The summed E-state index contributed by atoms with van der Waals surface area (Å²) in [6, 6.07) is 15.1. The van der Waals surface area contributed by atoms with E-state index in [0.29, 0.717) is 15.8 Å². The van der Waals surface area contributed by atoms with E-state index in [9.17, 15) is 0 Å². The highest BCUT2D eigenvalue weighted by molar-refractivity contribution is 7.80. The zero-order valence-corrected chi connectivity index (χ0v) is 18.3. The third kappa shape index (κ3) is 4.13. The van der Waals surface area contributed by atoms with Crippen molar-refractivity contribution in [3.63, 3.8) is 0 Å². The first-order valence-electron chi connectivity index (χ1n) is 9.61. The van der Waals surface area contributed by atoms with Gasteiger partial charge in [-0.2, -0.15) is 0 Å². The van der Waals surface area contributed by atoms with E-state index in [1.807, 2.05) is 42.5 Å². The van der Waals surface area contributed by atoms with Gasteiger partial charge in [-0.25, -0.2) is 0 Å². The maximum atomic E-state index is 6.38. The Morgan fingerprint density at radius 3 is 2.76 bits per heavy atom. The summed E-state index contributed by atoms with van der Waals surface area (Å²) in [5.74, 6) is 1.53. The number of aromatic nitrogens is 1. The standard InChI is InChI=1S/C22H21Cl2N3OS/c1-2-3-12-27-21(20(26-22(27)29)17-6-4-5-11-25-17)19-10-9-18(28-19)15-8-7-14(23)13-16(15)24/h4-11,13,20-21H,2-3,12H2,1H3,(H,26,29)/t20-,21+/m1/s1. The Kier molecular flexibility index (Phi) is 6.09. The van der Waals surface area contributed by atoms with Gasteiger partial charge in [0.25, 0.3) is 0 Å². The number of hydrogen-bond donors (Lipinski definition) is 1. The molecule has 150 valence electrons. The number of unbranched alkanes of at least 4 members (excludes halogenated alkanes) is 1. The zero-order chi connectivity index (χ0) is 20.4. The number of thiocarbonyl (C=S) groups is 1. The van der Waals surface area contributed by atoms with Gasteiger partial charge in [-0.05, 0) is 61.1 Å². The average Bonchev–Trinajstić information content (AvgIpc) is 3.31. The zero-order valence-electron chi connectivity index (χ0n) is 15.9. The third-order valence-electron chi connectivity index (χ3n) is 5.07. The highest BCUT2D eigenvalue weighted by Gasteiger charge is 2.41. The van der Waals surface area contributed by atoms with Crippen LogP contribution >= 0.6 is 35.4 Å². The minimum atomic E-state index is -0.0831. The van der Waals surface area contributed by atoms with Crippen molar-refractivity contribution in [1.82, 2.24) is 15.2 Å². The molecule has 1 N–H and O–H groups in total. The molecule has 7 heteroatoms. The fraction of sp³-hybridized carbons (Fsp3) is 0.273. The van der Waals surface area contributed by atoms with Crippen molar-refractivity contribution in [3.05, 3.63) is 76.2 Å². The first kappa shape index (κ1) is 20.2. The first-order chi connectivity index (χ1) is 14.1. The largest absolute Gasteiger partial charge is 0.459 e. The van der Waals surface area contributed by atoms with Gasteiger partial charge in [0.15, 0.2) is 5.11 Å². The molecule has 3 heterocycles. The molecule has 2 aromatic heterocycles. The molecule has 3 aromatic rings. The van der Waals surface area contributed by atoms with E-state index < -0.39 is 0 Å². The van der Waals surface area contributed by atoms with Crippen LogP contribution in [-0.2, 0) is 0 Å². The normalized spacial score (nSPS) is 18.9. The number of rotatable bonds is 6. The molecule has 1 fully saturated rings. The van der Waals surface area contributed by atoms with E-state index in [1.54, 1.807) is 12.3 Å². The number of hydrogen-bond acceptors (Lipinski definition) is 3. The van der Waals surface area contributed by atoms with Crippen LogP contribution in [0.5, 0.6) is 0 Å². The van der Waals surface area contributed by atoms with Crippen LogP contribution in [0.15, 0.2) is 59.1 Å². The molecule has 0 aliphatic carbocycles. The van der Waals surface area contributed by atoms with Gasteiger partial charge in [0.2, 0.25) is 0 Å². The van der Waals surface area contributed by atoms with Gasteiger partial charge in [0.05, 0.1) is 16.8 Å². The Balaban J connectivity index is 1.72. The lowest BCUT2D eigenvalue weighted by molar-refractivity contribution is 0.271. The first-order valence-corrected chi connectivity index (χ1v) is 10.8. The molecule has 0 bridgehead atoms. The van der Waals surface area contributed by atoms with Crippen LogP contribution in [0.2, 0.25) is 10.0 Å². The molecule has 4 nitrogen and oxygen atoms in total. The van der Waals surface area contributed by atoms with Crippen LogP contribution in [0.4, 0.5) is 0 Å². The lowest BCUT2D eigenvalue weighted by atomic mass is 10.0. The van der Waals surface area contributed by atoms with Crippen molar-refractivity contribution in [2.45, 2.75) is 31.8 Å². The van der Waals surface area contributed by atoms with Gasteiger partial charge in [-0.1, -0.05) is 42.6 Å². The monoisotopic (exact) mass is 445 g/mol. The molecule has 29 heavy (non-hydrogen) atoms. The lowest BCUT2D eigenvalue weighted by Crippen LogP contribution is -2.30. The SMILES string of the molecule is CCCCN1C(=S)N[C@H](c2ccccn2)[C@@H]1c1ccc(-c2ccc(Cl)cc2Cl)o1. The summed E-state index contributed by atoms with van der Waals surface area (Å²) in [4.78, 5) is 6.75. The highest BCUT2D eigenvalue weighted by atomic mass is 35.5. The van der Waals surface area contributed by atoms with Crippen molar-refractivity contribution in [1.29, 1.82) is 0 Å². The van der Waals surface area contributed by atoms with Crippen LogP contribution in [0.1, 0.15) is 43.3 Å². The molecule has 0 saturated carbocycles. The van der Waals surface area contributed by atoms with E-state index in [1.165, 1.54) is 0 Å². The number of pyridine rings is 1. The second-order valence-electron chi connectivity index (χ2n) is 7.00. The van der Waals surface area contributed by atoms with Gasteiger partial charge in [0.1, 0.15) is 17.6 Å². The predicted molar refractivity (Wildman–Crippen MR) is 121 cm³/mol. The quantitative estimate of drug-likeness (QED) is 0.443. The second kappa shape index (κ2) is 8.74. The van der Waals surface area contributed by atoms with Gasteiger partial charge >= 0.3 is 0 Å². The van der Waals surface area contributed by atoms with Crippen molar-refractivity contribution >= 4 is 40.5 Å². The molecular weight excluding hydrogens is 425 g/mol. The molecule has 0 radical (unpaired) electrons. The Bertz CT molecular complexity index is 1010. The van der Waals surface area contributed by atoms with Gasteiger partial charge in [-0.3, -0.25) is 4.98 Å². The van der Waals surface area contributed by atoms with Crippen molar-refractivity contribution < 1.29 is 4.42 Å². The summed E-state index contributed by atoms with van der Waals surface area (Å²) in [6.07, 6.45) is 3.93. The van der Waals surface area contributed by atoms with E-state index >= 15 is 0 Å². The van der Waals surface area contributed by atoms with Crippen LogP contribution in [0.25, 0.3) is 11.3 Å². The van der Waals surface area contributed by atoms with Crippen LogP contribution in [0, 0.1) is 0 Å². The predicted octanol–water partition coefficient (Wildman–Crippen LogP) is 6.42. The van der Waals surface area contributed by atoms with Gasteiger partial charge in [-0.15, -0.1) is 0 Å². The van der Waals surface area contributed by atoms with E-state index in [2.05, 4.69) is 22.1 Å². The molecule has 0 amide bonds. The molecule has 0 spiro atoms. The lowest BCUT2D eigenvalue weighted by Gasteiger charge is -2.25. The molecule has 1 saturated heterocycles. The van der Waals surface area contributed by atoms with Crippen LogP contribution in [-0.4, -0.2) is 21.5 Å². The molecule has 2 atom stereocenters. The fourth-order valence-corrected chi connectivity index (χ4v) is 4.46. The molecule has 4 rings (SSSR count). The Morgan fingerprint density at radius 2 is 2.03 bits per heavy atom. The minimum Gasteiger partial charge on any atom is -0.459 e. The molecule has 1 aliphatic rings. The summed E-state index contributed by atoms with van der Waals surface area (Å²) < 4.78 is 6.29. The molecule has 0 unspecified atom stereocenters. The number of halogens is 2. The summed E-state index contributed by atoms with van der Waals surface area (Å²) in [7, 11) is 0. The Morgan fingerprint density at radius 1 is 1.17 bits per heavy atom. The molecular formula is C22H21Cl2N3OS. The van der Waals surface area contributed by atoms with E-state index in [-0.39, 0.29) is 12.1 Å². The van der Waals surface area contributed by atoms with E-state index in [0.717, 1.165) is 41.5 Å². The molecule has 1 aromatic carbocycles. The minimum absolute atomic E-state index is 0.0798. The van der Waals surface area contributed by atoms with Crippen molar-refractivity contribution in [2.75, 3.05) is 6.54 Å². The summed E-state index contributed by atoms with van der Waals surface area (Å²) in [5.41, 5.74) is 1.74. The maximum Gasteiger partial charge on any atom is 0.170 e. The number of benzene rings is 1. The number of furan rings is 1. The van der Waals surface area contributed by atoms with Gasteiger partial charge < -0.3 is 14.6 Å². The second-order valence-corrected chi connectivity index (χ2v) is 8.23. The average molecular weight is 446 g/mol. The van der Waals surface area contributed by atoms with Crippen LogP contribution in [0.3, 0.4) is 0 Å². The maximum absolute atomic E-state index is 6.38. The molecule has 1 aliphatic heterocycles. The van der Waals surface area contributed by atoms with Crippen molar-refractivity contribution in [2.24, 2.45) is 0 Å². The Hall–Kier alpha value is -2.08. The summed E-state index contributed by atoms with van der Waals surface area (Å²) in [5, 5.41) is 5.31. The summed E-state index contributed by atoms with van der Waals surface area (Å²) in [6.45, 7) is 3.03. The smallest absolute Gasteiger partial charge is 0.170 e. The van der Waals surface area contributed by atoms with Crippen LogP contribution < -0.4 is 5.32 Å². The number of nitrogens with zero attached hydrogens (tertiary/aromatic N) is 2. The van der Waals surface area contributed by atoms with E-state index in [4.69, 9.17) is 39.8 Å². The summed E-state index contributed by atoms with van der Waals surface area (Å²) >= 11 is 18.1. The number of nitrogens with one attached hydrogen (secondary N) is 1. The van der Waals surface area contributed by atoms with Gasteiger partial charge in [0, 0.05) is 23.3 Å². The fourth-order valence-electron chi connectivity index (χ4n) is 3.63. The topological polar surface area (TPSA) is 41.3 Å². The third-order valence-corrected chi connectivity index (χ3v) is 5.97. The highest BCUT2D eigenvalue weighted by Crippen LogP contribution is 2.41.